The normalized spacial score (nSPS) is 26.9. The number of aromatic nitrogens is 1. The van der Waals surface area contributed by atoms with Crippen molar-refractivity contribution in [3.05, 3.63) is 53.1 Å². The molecule has 5 atom stereocenters. The van der Waals surface area contributed by atoms with Crippen molar-refractivity contribution in [3.63, 3.8) is 0 Å². The topological polar surface area (TPSA) is 79.3 Å². The lowest BCUT2D eigenvalue weighted by molar-refractivity contribution is -0.148. The molecular weight excluding hydrogens is 360 g/mol. The van der Waals surface area contributed by atoms with Crippen LogP contribution in [0.3, 0.4) is 0 Å². The molecule has 5 nitrogen and oxygen atoms in total. The minimum Gasteiger partial charge on any atom is -0.481 e. The van der Waals surface area contributed by atoms with E-state index in [4.69, 9.17) is 0 Å². The smallest absolute Gasteiger partial charge is 0.307 e. The van der Waals surface area contributed by atoms with Crippen LogP contribution in [0, 0.1) is 30.6 Å². The van der Waals surface area contributed by atoms with Crippen molar-refractivity contribution in [1.29, 1.82) is 0 Å². The van der Waals surface area contributed by atoms with Gasteiger partial charge in [-0.25, -0.2) is 4.98 Å². The Labute approximate surface area is 162 Å². The van der Waals surface area contributed by atoms with Gasteiger partial charge in [-0.05, 0) is 32.1 Å². The molecule has 5 unspecified atom stereocenters. The third-order valence-corrected chi connectivity index (χ3v) is 7.04. The number of carboxylic acid groups (broad SMARTS) is 1. The SMILES string of the molecule is Cc1nc(-c2ccccc2)sc1C(C)NC(=O)C1C2C=CC(C2)C1C(=O)O. The summed E-state index contributed by atoms with van der Waals surface area (Å²) in [5.41, 5.74) is 1.95. The summed E-state index contributed by atoms with van der Waals surface area (Å²) in [5.74, 6) is -2.13. The number of hydrogen-bond donors (Lipinski definition) is 2. The number of aliphatic carboxylic acids is 1. The molecule has 2 aromatic rings. The second-order valence-electron chi connectivity index (χ2n) is 7.40. The quantitative estimate of drug-likeness (QED) is 0.771. The maximum atomic E-state index is 12.9. The molecule has 2 bridgehead atoms. The van der Waals surface area contributed by atoms with E-state index in [0.717, 1.165) is 27.6 Å². The van der Waals surface area contributed by atoms with Gasteiger partial charge in [0.15, 0.2) is 0 Å². The van der Waals surface area contributed by atoms with Crippen LogP contribution in [0.15, 0.2) is 42.5 Å². The lowest BCUT2D eigenvalue weighted by Crippen LogP contribution is -2.41. The summed E-state index contributed by atoms with van der Waals surface area (Å²) in [6.45, 7) is 3.88. The van der Waals surface area contributed by atoms with Crippen molar-refractivity contribution in [1.82, 2.24) is 10.3 Å². The summed E-state index contributed by atoms with van der Waals surface area (Å²) in [5, 5.41) is 13.5. The lowest BCUT2D eigenvalue weighted by Gasteiger charge is -2.25. The Hall–Kier alpha value is -2.47. The highest BCUT2D eigenvalue weighted by Crippen LogP contribution is 2.48. The van der Waals surface area contributed by atoms with E-state index in [0.29, 0.717) is 0 Å². The second-order valence-corrected chi connectivity index (χ2v) is 8.43. The molecule has 1 aromatic heterocycles. The Bertz CT molecular complexity index is 905. The van der Waals surface area contributed by atoms with Crippen molar-refractivity contribution in [3.8, 4) is 10.6 Å². The lowest BCUT2D eigenvalue weighted by atomic mass is 9.82. The highest BCUT2D eigenvalue weighted by molar-refractivity contribution is 7.15. The number of nitrogens with one attached hydrogen (secondary N) is 1. The molecule has 140 valence electrons. The molecule has 0 radical (unpaired) electrons. The van der Waals surface area contributed by atoms with Gasteiger partial charge < -0.3 is 10.4 Å². The van der Waals surface area contributed by atoms with Gasteiger partial charge in [-0.3, -0.25) is 9.59 Å². The zero-order chi connectivity index (χ0) is 19.1. The number of nitrogens with zero attached hydrogens (tertiary/aromatic N) is 1. The highest BCUT2D eigenvalue weighted by atomic mass is 32.1. The Kier molecular flexibility index (Phi) is 4.60. The standard InChI is InChI=1S/C21H22N2O3S/c1-11(18-12(2)23-20(27-18)13-6-4-3-5-7-13)22-19(24)16-14-8-9-15(10-14)17(16)21(25)26/h3-9,11,14-17H,10H2,1-2H3,(H,22,24)(H,25,26). The minimum absolute atomic E-state index is 0.0200. The molecule has 2 aliphatic rings. The van der Waals surface area contributed by atoms with Crippen molar-refractivity contribution < 1.29 is 14.7 Å². The number of rotatable bonds is 5. The van der Waals surface area contributed by atoms with E-state index >= 15 is 0 Å². The summed E-state index contributed by atoms with van der Waals surface area (Å²) in [4.78, 5) is 30.2. The summed E-state index contributed by atoms with van der Waals surface area (Å²) in [6.07, 6.45) is 4.72. The van der Waals surface area contributed by atoms with Gasteiger partial charge in [-0.2, -0.15) is 0 Å². The molecule has 1 saturated carbocycles. The number of carbonyl (C=O) groups is 2. The molecule has 1 amide bonds. The van der Waals surface area contributed by atoms with E-state index in [1.165, 1.54) is 0 Å². The van der Waals surface area contributed by atoms with Crippen LogP contribution in [-0.2, 0) is 9.59 Å². The first-order valence-electron chi connectivity index (χ1n) is 9.20. The van der Waals surface area contributed by atoms with Gasteiger partial charge in [0.25, 0.3) is 0 Å². The molecule has 1 aromatic carbocycles. The zero-order valence-electron chi connectivity index (χ0n) is 15.3. The fourth-order valence-corrected chi connectivity index (χ4v) is 5.48. The van der Waals surface area contributed by atoms with Crippen LogP contribution in [0.4, 0.5) is 0 Å². The van der Waals surface area contributed by atoms with Crippen LogP contribution in [0.1, 0.15) is 30.0 Å². The van der Waals surface area contributed by atoms with Crippen molar-refractivity contribution >= 4 is 23.2 Å². The van der Waals surface area contributed by atoms with Gasteiger partial charge in [0.05, 0.1) is 28.4 Å². The van der Waals surface area contributed by atoms with Crippen molar-refractivity contribution in [2.45, 2.75) is 26.3 Å². The fraction of sp³-hybridized carbons (Fsp3) is 0.381. The molecule has 2 N–H and O–H groups in total. The number of thiazole rings is 1. The Morgan fingerprint density at radius 3 is 2.52 bits per heavy atom. The fourth-order valence-electron chi connectivity index (χ4n) is 4.41. The van der Waals surface area contributed by atoms with Crippen LogP contribution >= 0.6 is 11.3 Å². The number of aryl methyl sites for hydroxylation is 1. The highest BCUT2D eigenvalue weighted by Gasteiger charge is 2.51. The molecule has 0 saturated heterocycles. The largest absolute Gasteiger partial charge is 0.481 e. The monoisotopic (exact) mass is 382 g/mol. The minimum atomic E-state index is -0.875. The number of hydrogen-bond acceptors (Lipinski definition) is 4. The zero-order valence-corrected chi connectivity index (χ0v) is 16.1. The number of carbonyl (C=O) groups excluding carboxylic acids is 1. The number of allylic oxidation sites excluding steroid dienone is 2. The summed E-state index contributed by atoms with van der Waals surface area (Å²) < 4.78 is 0. The van der Waals surface area contributed by atoms with E-state index in [9.17, 15) is 14.7 Å². The predicted octanol–water partition coefficient (Wildman–Crippen LogP) is 3.82. The molecule has 1 heterocycles. The third-order valence-electron chi connectivity index (χ3n) is 5.65. The molecule has 6 heteroatoms. The molecule has 1 fully saturated rings. The van der Waals surface area contributed by atoms with Crippen LogP contribution in [0.2, 0.25) is 0 Å². The molecule has 0 aliphatic heterocycles. The van der Waals surface area contributed by atoms with Gasteiger partial charge in [-0.15, -0.1) is 11.3 Å². The van der Waals surface area contributed by atoms with Crippen molar-refractivity contribution in [2.24, 2.45) is 23.7 Å². The van der Waals surface area contributed by atoms with Crippen LogP contribution in [0.25, 0.3) is 10.6 Å². The van der Waals surface area contributed by atoms with E-state index in [1.807, 2.05) is 56.3 Å². The molecule has 4 rings (SSSR count). The van der Waals surface area contributed by atoms with Crippen LogP contribution in [0.5, 0.6) is 0 Å². The Morgan fingerprint density at radius 2 is 1.85 bits per heavy atom. The Morgan fingerprint density at radius 1 is 1.19 bits per heavy atom. The number of fused-ring (bicyclic) bond motifs is 2. The molecule has 2 aliphatic carbocycles. The van der Waals surface area contributed by atoms with Gasteiger partial charge in [-0.1, -0.05) is 42.5 Å². The average molecular weight is 382 g/mol. The summed E-state index contributed by atoms with van der Waals surface area (Å²) >= 11 is 1.57. The summed E-state index contributed by atoms with van der Waals surface area (Å²) in [6, 6.07) is 9.76. The van der Waals surface area contributed by atoms with E-state index in [-0.39, 0.29) is 23.8 Å². The second kappa shape index (κ2) is 6.93. The van der Waals surface area contributed by atoms with E-state index in [1.54, 1.807) is 11.3 Å². The first-order valence-corrected chi connectivity index (χ1v) is 10.0. The number of carboxylic acids is 1. The number of benzene rings is 1. The average Bonchev–Trinajstić information content (AvgIpc) is 3.36. The first kappa shape index (κ1) is 17.9. The van der Waals surface area contributed by atoms with E-state index in [2.05, 4.69) is 10.3 Å². The van der Waals surface area contributed by atoms with Crippen LogP contribution < -0.4 is 5.32 Å². The van der Waals surface area contributed by atoms with Gasteiger partial charge in [0.1, 0.15) is 5.01 Å². The molecular formula is C21H22N2O3S. The first-order chi connectivity index (χ1) is 13.0. The van der Waals surface area contributed by atoms with Gasteiger partial charge in [0.2, 0.25) is 5.91 Å². The molecule has 0 spiro atoms. The Balaban J connectivity index is 1.52. The summed E-state index contributed by atoms with van der Waals surface area (Å²) in [7, 11) is 0. The molecule has 27 heavy (non-hydrogen) atoms. The maximum Gasteiger partial charge on any atom is 0.307 e. The maximum absolute atomic E-state index is 12.9. The van der Waals surface area contributed by atoms with Crippen molar-refractivity contribution in [2.75, 3.05) is 0 Å². The predicted molar refractivity (Wildman–Crippen MR) is 104 cm³/mol. The third kappa shape index (κ3) is 3.18. The number of amides is 1. The van der Waals surface area contributed by atoms with E-state index < -0.39 is 17.8 Å². The van der Waals surface area contributed by atoms with Gasteiger partial charge in [0, 0.05) is 5.56 Å². The van der Waals surface area contributed by atoms with Gasteiger partial charge >= 0.3 is 5.97 Å². The van der Waals surface area contributed by atoms with Crippen LogP contribution in [-0.4, -0.2) is 22.0 Å².